The van der Waals surface area contributed by atoms with Crippen LogP contribution in [0, 0.1) is 5.92 Å². The Balaban J connectivity index is 2.84. The average Bonchev–Trinajstić information content (AvgIpc) is 2.80. The van der Waals surface area contributed by atoms with Crippen LogP contribution in [0.1, 0.15) is 32.3 Å². The Bertz CT molecular complexity index is 595. The third-order valence-corrected chi connectivity index (χ3v) is 6.59. The highest BCUT2D eigenvalue weighted by molar-refractivity contribution is 7.98. The van der Waals surface area contributed by atoms with Crippen molar-refractivity contribution >= 4 is 30.3 Å². The summed E-state index contributed by atoms with van der Waals surface area (Å²) in [7, 11) is 0. The number of amides is 1. The SMILES string of the molecule is CCC(C)[C@@H](CO[C@@H](Cc1ccccc1)C(=O)N[C@H](CO)CCSC)NC[C@@H](N)CS. The molecule has 1 aromatic carbocycles. The minimum atomic E-state index is -0.627. The van der Waals surface area contributed by atoms with E-state index < -0.39 is 6.10 Å². The Labute approximate surface area is 197 Å². The third kappa shape index (κ3) is 11.6. The summed E-state index contributed by atoms with van der Waals surface area (Å²) in [5.41, 5.74) is 7.05. The van der Waals surface area contributed by atoms with Gasteiger partial charge in [-0.25, -0.2) is 0 Å². The van der Waals surface area contributed by atoms with Gasteiger partial charge in [-0.1, -0.05) is 50.6 Å². The maximum atomic E-state index is 13.0. The Morgan fingerprint density at radius 1 is 1.32 bits per heavy atom. The number of carbonyl (C=O) groups excluding carboxylic acids is 1. The highest BCUT2D eigenvalue weighted by Crippen LogP contribution is 2.13. The van der Waals surface area contributed by atoms with Crippen molar-refractivity contribution in [2.45, 2.75) is 57.3 Å². The molecule has 0 spiro atoms. The zero-order chi connectivity index (χ0) is 23.1. The zero-order valence-corrected chi connectivity index (χ0v) is 20.8. The van der Waals surface area contributed by atoms with Crippen molar-refractivity contribution in [1.29, 1.82) is 0 Å². The molecule has 5 atom stereocenters. The number of hydrogen-bond acceptors (Lipinski definition) is 7. The second kappa shape index (κ2) is 16.8. The molecule has 1 aromatic rings. The van der Waals surface area contributed by atoms with Gasteiger partial charge in [-0.05, 0) is 29.9 Å². The van der Waals surface area contributed by atoms with Crippen molar-refractivity contribution in [3.05, 3.63) is 35.9 Å². The van der Waals surface area contributed by atoms with E-state index in [-0.39, 0.29) is 30.6 Å². The molecule has 0 radical (unpaired) electrons. The standard InChI is InChI=1S/C23H41N3O3S2/c1-4-17(2)21(25-13-19(24)16-30)15-29-22(12-18-8-6-5-7-9-18)23(28)26-20(14-27)10-11-31-3/h5-9,17,19-22,25,27,30H,4,10-16,24H2,1-3H3,(H,26,28)/t17?,19-,20+,21-,22+/m1/s1. The van der Waals surface area contributed by atoms with Crippen molar-refractivity contribution < 1.29 is 14.6 Å². The minimum Gasteiger partial charge on any atom is -0.394 e. The molecule has 31 heavy (non-hydrogen) atoms. The van der Waals surface area contributed by atoms with Crippen LogP contribution in [0.3, 0.4) is 0 Å². The lowest BCUT2D eigenvalue weighted by Gasteiger charge is -2.28. The molecule has 0 saturated heterocycles. The van der Waals surface area contributed by atoms with Crippen LogP contribution in [0.25, 0.3) is 0 Å². The van der Waals surface area contributed by atoms with Crippen molar-refractivity contribution in [3.8, 4) is 0 Å². The van der Waals surface area contributed by atoms with Crippen LogP contribution in [0.4, 0.5) is 0 Å². The summed E-state index contributed by atoms with van der Waals surface area (Å²) in [5.74, 6) is 1.68. The van der Waals surface area contributed by atoms with E-state index in [9.17, 15) is 9.90 Å². The highest BCUT2D eigenvalue weighted by Gasteiger charge is 2.25. The number of nitrogens with one attached hydrogen (secondary N) is 2. The van der Waals surface area contributed by atoms with Crippen LogP contribution in [0.2, 0.25) is 0 Å². The largest absolute Gasteiger partial charge is 0.394 e. The van der Waals surface area contributed by atoms with Crippen molar-refractivity contribution in [1.82, 2.24) is 10.6 Å². The summed E-state index contributed by atoms with van der Waals surface area (Å²) < 4.78 is 6.19. The lowest BCUT2D eigenvalue weighted by molar-refractivity contribution is -0.134. The number of carbonyl (C=O) groups is 1. The van der Waals surface area contributed by atoms with Gasteiger partial charge in [-0.2, -0.15) is 24.4 Å². The molecule has 1 amide bonds. The first kappa shape index (κ1) is 28.3. The van der Waals surface area contributed by atoms with E-state index in [2.05, 4.69) is 37.1 Å². The number of benzene rings is 1. The molecule has 0 aliphatic heterocycles. The lowest BCUT2D eigenvalue weighted by atomic mass is 9.99. The molecule has 178 valence electrons. The van der Waals surface area contributed by atoms with Crippen molar-refractivity contribution in [2.24, 2.45) is 11.7 Å². The van der Waals surface area contributed by atoms with Crippen LogP contribution < -0.4 is 16.4 Å². The van der Waals surface area contributed by atoms with Gasteiger partial charge in [0.15, 0.2) is 0 Å². The van der Waals surface area contributed by atoms with Gasteiger partial charge in [-0.3, -0.25) is 4.79 Å². The minimum absolute atomic E-state index is 0.0277. The molecule has 0 aliphatic carbocycles. The van der Waals surface area contributed by atoms with Crippen LogP contribution in [-0.2, 0) is 16.0 Å². The molecular formula is C23H41N3O3S2. The molecule has 0 aliphatic rings. The van der Waals surface area contributed by atoms with Gasteiger partial charge in [-0.15, -0.1) is 0 Å². The first-order chi connectivity index (χ1) is 14.9. The number of ether oxygens (including phenoxy) is 1. The van der Waals surface area contributed by atoms with Gasteiger partial charge < -0.3 is 26.2 Å². The number of nitrogens with two attached hydrogens (primary N) is 1. The Morgan fingerprint density at radius 3 is 2.61 bits per heavy atom. The number of aliphatic hydroxyl groups excluding tert-OH is 1. The van der Waals surface area contributed by atoms with Gasteiger partial charge in [0, 0.05) is 30.8 Å². The fourth-order valence-electron chi connectivity index (χ4n) is 3.11. The molecule has 8 heteroatoms. The molecule has 1 rings (SSSR count). The van der Waals surface area contributed by atoms with E-state index in [0.29, 0.717) is 31.2 Å². The summed E-state index contributed by atoms with van der Waals surface area (Å²) in [6, 6.07) is 9.67. The van der Waals surface area contributed by atoms with Gasteiger partial charge in [0.1, 0.15) is 6.10 Å². The topological polar surface area (TPSA) is 96.6 Å². The van der Waals surface area contributed by atoms with Crippen LogP contribution in [0.15, 0.2) is 30.3 Å². The van der Waals surface area contributed by atoms with Gasteiger partial charge in [0.05, 0.1) is 19.3 Å². The summed E-state index contributed by atoms with van der Waals surface area (Å²) in [6.45, 7) is 5.29. The molecule has 0 saturated carbocycles. The van der Waals surface area contributed by atoms with Crippen LogP contribution >= 0.6 is 24.4 Å². The maximum absolute atomic E-state index is 13.0. The summed E-state index contributed by atoms with van der Waals surface area (Å²) >= 11 is 5.95. The normalized spacial score (nSPS) is 16.3. The van der Waals surface area contributed by atoms with Gasteiger partial charge in [0.2, 0.25) is 5.91 Å². The summed E-state index contributed by atoms with van der Waals surface area (Å²) in [5, 5.41) is 16.1. The van der Waals surface area contributed by atoms with Crippen LogP contribution in [0.5, 0.6) is 0 Å². The van der Waals surface area contributed by atoms with E-state index in [0.717, 1.165) is 24.2 Å². The van der Waals surface area contributed by atoms with E-state index in [1.807, 2.05) is 36.6 Å². The number of thiol groups is 1. The lowest BCUT2D eigenvalue weighted by Crippen LogP contribution is -2.49. The van der Waals surface area contributed by atoms with Crippen LogP contribution in [-0.4, -0.2) is 72.8 Å². The number of aliphatic hydroxyl groups is 1. The Hall–Kier alpha value is -0.770. The van der Waals surface area contributed by atoms with E-state index in [1.54, 1.807) is 11.8 Å². The molecule has 1 unspecified atom stereocenters. The number of rotatable bonds is 17. The Kier molecular flexibility index (Phi) is 15.3. The number of thioether (sulfide) groups is 1. The first-order valence-electron chi connectivity index (χ1n) is 11.1. The highest BCUT2D eigenvalue weighted by atomic mass is 32.2. The first-order valence-corrected chi connectivity index (χ1v) is 13.1. The summed E-state index contributed by atoms with van der Waals surface area (Å²) in [6.07, 6.45) is 3.59. The molecule has 0 fully saturated rings. The quantitative estimate of drug-likeness (QED) is 0.223. The average molecular weight is 472 g/mol. The molecule has 0 bridgehead atoms. The fourth-order valence-corrected chi connectivity index (χ4v) is 3.76. The molecule has 0 heterocycles. The molecule has 6 nitrogen and oxygen atoms in total. The summed E-state index contributed by atoms with van der Waals surface area (Å²) in [4.78, 5) is 13.0. The monoisotopic (exact) mass is 471 g/mol. The molecular weight excluding hydrogens is 430 g/mol. The predicted molar refractivity (Wildman–Crippen MR) is 135 cm³/mol. The second-order valence-electron chi connectivity index (χ2n) is 8.02. The van der Waals surface area contributed by atoms with Crippen molar-refractivity contribution in [2.75, 3.05) is 37.5 Å². The predicted octanol–water partition coefficient (Wildman–Crippen LogP) is 2.11. The van der Waals surface area contributed by atoms with E-state index >= 15 is 0 Å². The fraction of sp³-hybridized carbons (Fsp3) is 0.696. The molecule has 0 aromatic heterocycles. The maximum Gasteiger partial charge on any atom is 0.249 e. The number of hydrogen-bond donors (Lipinski definition) is 5. The van der Waals surface area contributed by atoms with Crippen molar-refractivity contribution in [3.63, 3.8) is 0 Å². The van der Waals surface area contributed by atoms with Gasteiger partial charge >= 0.3 is 0 Å². The smallest absolute Gasteiger partial charge is 0.249 e. The second-order valence-corrected chi connectivity index (χ2v) is 9.37. The van der Waals surface area contributed by atoms with E-state index in [1.165, 1.54) is 0 Å². The zero-order valence-electron chi connectivity index (χ0n) is 19.1. The Morgan fingerprint density at radius 2 is 2.03 bits per heavy atom. The van der Waals surface area contributed by atoms with E-state index in [4.69, 9.17) is 10.5 Å². The molecule has 5 N–H and O–H groups in total. The third-order valence-electron chi connectivity index (χ3n) is 5.48. The van der Waals surface area contributed by atoms with Gasteiger partial charge in [0.25, 0.3) is 0 Å².